The van der Waals surface area contributed by atoms with E-state index in [9.17, 15) is 30.4 Å². The first-order valence-corrected chi connectivity index (χ1v) is 11.1. The minimum atomic E-state index is -1.50. The van der Waals surface area contributed by atoms with Crippen LogP contribution in [0.2, 0.25) is 0 Å². The second kappa shape index (κ2) is 9.57. The van der Waals surface area contributed by atoms with Crippen LogP contribution in [0.1, 0.15) is 33.1 Å². The van der Waals surface area contributed by atoms with E-state index < -0.39 is 58.6 Å². The highest BCUT2D eigenvalue weighted by Crippen LogP contribution is 2.33. The van der Waals surface area contributed by atoms with Crippen molar-refractivity contribution in [1.82, 2.24) is 5.32 Å². The molecule has 0 bridgehead atoms. The lowest BCUT2D eigenvalue weighted by Gasteiger charge is -2.45. The summed E-state index contributed by atoms with van der Waals surface area (Å²) in [6.45, 7) is 3.84. The maximum atomic E-state index is 12.9. The second-order valence-electron chi connectivity index (χ2n) is 8.21. The number of aliphatic hydroxyl groups is 4. The molecule has 0 aliphatic carbocycles. The molecule has 2 aliphatic rings. The highest BCUT2D eigenvalue weighted by atomic mass is 32.2. The number of nitrogens with one attached hydrogen (secondary N) is 1. The maximum Gasteiger partial charge on any atom is 0.279 e. The molecular formula is C18H34N2O7S. The van der Waals surface area contributed by atoms with E-state index in [1.807, 2.05) is 6.92 Å². The summed E-state index contributed by atoms with van der Waals surface area (Å²) >= 11 is 1.15. The van der Waals surface area contributed by atoms with Gasteiger partial charge >= 0.3 is 0 Å². The van der Waals surface area contributed by atoms with Crippen LogP contribution >= 0.6 is 11.8 Å². The Balaban J connectivity index is 2.15. The molecule has 1 unspecified atom stereocenters. The van der Waals surface area contributed by atoms with E-state index in [1.54, 1.807) is 6.26 Å². The zero-order valence-corrected chi connectivity index (χ0v) is 17.7. The van der Waals surface area contributed by atoms with Gasteiger partial charge in [0.05, 0.1) is 25.7 Å². The van der Waals surface area contributed by atoms with Crippen molar-refractivity contribution in [1.29, 1.82) is 0 Å². The lowest BCUT2D eigenvalue weighted by molar-refractivity contribution is -0.865. The van der Waals surface area contributed by atoms with Crippen molar-refractivity contribution < 1.29 is 34.6 Å². The van der Waals surface area contributed by atoms with Gasteiger partial charge in [0.25, 0.3) is 5.91 Å². The van der Waals surface area contributed by atoms with Crippen LogP contribution in [0, 0.1) is 11.1 Å². The van der Waals surface area contributed by atoms with Crippen molar-refractivity contribution in [2.75, 3.05) is 19.8 Å². The molecule has 10 heteroatoms. The molecule has 0 aromatic heterocycles. The van der Waals surface area contributed by atoms with E-state index >= 15 is 0 Å². The largest absolute Gasteiger partial charge is 0.632 e. The van der Waals surface area contributed by atoms with Gasteiger partial charge in [0, 0.05) is 12.3 Å². The first-order chi connectivity index (χ1) is 13.0. The Kier molecular flexibility index (Phi) is 8.14. The summed E-state index contributed by atoms with van der Waals surface area (Å²) in [7, 11) is 1.48. The van der Waals surface area contributed by atoms with E-state index in [0.29, 0.717) is 13.0 Å². The number of thioether (sulfide) groups is 1. The van der Waals surface area contributed by atoms with Crippen LogP contribution in [-0.4, -0.2) is 98.9 Å². The van der Waals surface area contributed by atoms with E-state index in [1.165, 1.54) is 14.0 Å². The molecule has 0 aromatic carbocycles. The highest BCUT2D eigenvalue weighted by Gasteiger charge is 2.49. The lowest BCUT2D eigenvalue weighted by Crippen LogP contribution is -2.66. The second-order valence-corrected chi connectivity index (χ2v) is 9.15. The van der Waals surface area contributed by atoms with Crippen LogP contribution < -0.4 is 5.32 Å². The fourth-order valence-electron chi connectivity index (χ4n) is 4.33. The number of nitrogens with zero attached hydrogens (tertiary/aromatic N) is 1. The summed E-state index contributed by atoms with van der Waals surface area (Å²) in [5, 5.41) is 56.2. The molecule has 0 spiro atoms. The first-order valence-electron chi connectivity index (χ1n) is 9.80. The van der Waals surface area contributed by atoms with Crippen molar-refractivity contribution in [3.8, 4) is 0 Å². The Morgan fingerprint density at radius 2 is 1.96 bits per heavy atom. The van der Waals surface area contributed by atoms with Crippen LogP contribution in [0.3, 0.4) is 0 Å². The number of likely N-dealkylation sites (N-methyl/N-ethyl adjacent to an activating group) is 1. The third kappa shape index (κ3) is 4.99. The molecule has 0 radical (unpaired) electrons. The first kappa shape index (κ1) is 23.8. The Labute approximate surface area is 170 Å². The molecule has 2 heterocycles. The number of hydrogen-bond acceptors (Lipinski definition) is 8. The van der Waals surface area contributed by atoms with Crippen LogP contribution in [0.15, 0.2) is 0 Å². The average molecular weight is 423 g/mol. The van der Waals surface area contributed by atoms with E-state index in [0.717, 1.165) is 24.6 Å². The topological polar surface area (TPSA) is 142 Å². The van der Waals surface area contributed by atoms with Gasteiger partial charge in [-0.3, -0.25) is 4.79 Å². The molecule has 9 nitrogen and oxygen atoms in total. The van der Waals surface area contributed by atoms with Crippen molar-refractivity contribution in [2.24, 2.45) is 5.92 Å². The number of ether oxygens (including phenoxy) is 1. The summed E-state index contributed by atoms with van der Waals surface area (Å²) < 4.78 is 5.00. The van der Waals surface area contributed by atoms with E-state index in [4.69, 9.17) is 4.74 Å². The molecule has 2 fully saturated rings. The molecule has 5 N–H and O–H groups in total. The molecule has 2 aliphatic heterocycles. The van der Waals surface area contributed by atoms with Crippen molar-refractivity contribution in [3.05, 3.63) is 5.21 Å². The molecule has 164 valence electrons. The number of quaternary nitrogens is 1. The van der Waals surface area contributed by atoms with Crippen molar-refractivity contribution >= 4 is 17.7 Å². The fraction of sp³-hybridized carbons (Fsp3) is 0.944. The lowest BCUT2D eigenvalue weighted by atomic mass is 9.92. The molecular weight excluding hydrogens is 388 g/mol. The molecule has 2 rings (SSSR count). The molecule has 0 saturated carbocycles. The Bertz CT molecular complexity index is 534. The number of carbonyl (C=O) groups excluding carboxylic acids is 1. The summed E-state index contributed by atoms with van der Waals surface area (Å²) in [5.41, 5.74) is -0.817. The van der Waals surface area contributed by atoms with Crippen molar-refractivity contribution in [2.45, 2.75) is 81.1 Å². The number of likely N-dealkylation sites (tertiary alicyclic amines) is 1. The number of hydrogen-bond donors (Lipinski definition) is 5. The Hall–Kier alpha value is -0.460. The number of hydroxylamine groups is 3. The third-order valence-corrected chi connectivity index (χ3v) is 6.71. The number of rotatable bonds is 7. The van der Waals surface area contributed by atoms with Gasteiger partial charge in [-0.15, -0.1) is 11.8 Å². The predicted molar refractivity (Wildman–Crippen MR) is 105 cm³/mol. The van der Waals surface area contributed by atoms with Gasteiger partial charge in [-0.25, -0.2) is 0 Å². The third-order valence-electron chi connectivity index (χ3n) is 5.86. The van der Waals surface area contributed by atoms with Crippen LogP contribution in [-0.2, 0) is 9.53 Å². The molecule has 10 atom stereocenters. The van der Waals surface area contributed by atoms with Crippen LogP contribution in [0.25, 0.3) is 0 Å². The highest BCUT2D eigenvalue weighted by molar-refractivity contribution is 7.99. The Morgan fingerprint density at radius 3 is 2.50 bits per heavy atom. The zero-order chi connectivity index (χ0) is 21.2. The average Bonchev–Trinajstić information content (AvgIpc) is 2.92. The summed E-state index contributed by atoms with van der Waals surface area (Å²) in [5.74, 6) is -0.332. The molecule has 1 amide bonds. The quantitative estimate of drug-likeness (QED) is 0.264. The van der Waals surface area contributed by atoms with Gasteiger partial charge in [-0.1, -0.05) is 13.3 Å². The van der Waals surface area contributed by atoms with Gasteiger partial charge in [-0.2, -0.15) is 0 Å². The fourth-order valence-corrected chi connectivity index (χ4v) is 5.01. The summed E-state index contributed by atoms with van der Waals surface area (Å²) in [6.07, 6.45) is -2.54. The summed E-state index contributed by atoms with van der Waals surface area (Å²) in [6, 6.07) is -1.84. The Morgan fingerprint density at radius 1 is 1.32 bits per heavy atom. The maximum absolute atomic E-state index is 12.9. The summed E-state index contributed by atoms with van der Waals surface area (Å²) in [4.78, 5) is 12.9. The SMILES string of the molecule is CCC[C@@H]1C[C@@H](C(=O)N[C@@H]([C@H]2O[C@H](SC)[C@H](O)[C@@H](O)[C@H]2O)[C@@H](C)O)[N+](C)([O-])C1. The van der Waals surface area contributed by atoms with E-state index in [2.05, 4.69) is 5.32 Å². The van der Waals surface area contributed by atoms with Gasteiger partial charge < -0.3 is 40.3 Å². The van der Waals surface area contributed by atoms with Crippen LogP contribution in [0.4, 0.5) is 0 Å². The normalized spacial score (nSPS) is 43.5. The van der Waals surface area contributed by atoms with Crippen molar-refractivity contribution in [3.63, 3.8) is 0 Å². The van der Waals surface area contributed by atoms with Crippen LogP contribution in [0.5, 0.6) is 0 Å². The van der Waals surface area contributed by atoms with Gasteiger partial charge in [-0.05, 0) is 19.6 Å². The smallest absolute Gasteiger partial charge is 0.279 e. The molecule has 2 saturated heterocycles. The number of aliphatic hydroxyl groups excluding tert-OH is 4. The minimum Gasteiger partial charge on any atom is -0.632 e. The van der Waals surface area contributed by atoms with Gasteiger partial charge in [0.2, 0.25) is 0 Å². The zero-order valence-electron chi connectivity index (χ0n) is 16.9. The number of amides is 1. The van der Waals surface area contributed by atoms with Gasteiger partial charge in [0.15, 0.2) is 6.04 Å². The van der Waals surface area contributed by atoms with Gasteiger partial charge in [0.1, 0.15) is 29.9 Å². The minimum absolute atomic E-state index is 0.169. The standard InChI is InChI=1S/C18H34N2O7S/c1-5-6-10-7-11(20(3,26)8-10)17(25)19-12(9(2)21)16-14(23)13(22)15(24)18(27-16)28-4/h9-16,18,21-24H,5-8H2,1-4H3,(H,19,25)/t9-,10-,11+,12-,13+,14-,15-,16-,18-,20?/m1/s1. The molecule has 0 aromatic rings. The monoisotopic (exact) mass is 422 g/mol. The molecule has 28 heavy (non-hydrogen) atoms. The van der Waals surface area contributed by atoms with E-state index in [-0.39, 0.29) is 5.92 Å². The number of carbonyl (C=O) groups is 1. The predicted octanol–water partition coefficient (Wildman–Crippen LogP) is -0.844.